The summed E-state index contributed by atoms with van der Waals surface area (Å²) in [4.78, 5) is 2.51. The molecule has 4 heteroatoms. The van der Waals surface area contributed by atoms with Crippen molar-refractivity contribution in [2.75, 3.05) is 6.54 Å². The Morgan fingerprint density at radius 2 is 2.00 bits per heavy atom. The summed E-state index contributed by atoms with van der Waals surface area (Å²) in [5.74, 6) is 0. The molecular weight excluding hydrogens is 284 g/mol. The molecule has 0 saturated heterocycles. The predicted octanol–water partition coefficient (Wildman–Crippen LogP) is 3.46. The van der Waals surface area contributed by atoms with Crippen molar-refractivity contribution in [3.05, 3.63) is 46.8 Å². The zero-order valence-corrected chi connectivity index (χ0v) is 14.4. The van der Waals surface area contributed by atoms with Gasteiger partial charge in [0.1, 0.15) is 6.07 Å². The fourth-order valence-electron chi connectivity index (χ4n) is 3.29. The normalized spacial score (nSPS) is 15.3. The van der Waals surface area contributed by atoms with E-state index in [0.717, 1.165) is 37.3 Å². The monoisotopic (exact) mass is 308 g/mol. The van der Waals surface area contributed by atoms with Crippen molar-refractivity contribution >= 4 is 0 Å². The van der Waals surface area contributed by atoms with Crippen molar-refractivity contribution in [2.24, 2.45) is 0 Å². The van der Waals surface area contributed by atoms with Gasteiger partial charge < -0.3 is 0 Å². The molecule has 1 aromatic heterocycles. The summed E-state index contributed by atoms with van der Waals surface area (Å²) in [6.07, 6.45) is 1.89. The molecule has 0 spiro atoms. The van der Waals surface area contributed by atoms with E-state index >= 15 is 0 Å². The smallest absolute Gasteiger partial charge is 0.101 e. The van der Waals surface area contributed by atoms with E-state index in [2.05, 4.69) is 38.7 Å². The van der Waals surface area contributed by atoms with Gasteiger partial charge in [-0.3, -0.25) is 4.90 Å². The molecule has 2 heterocycles. The van der Waals surface area contributed by atoms with Gasteiger partial charge in [-0.2, -0.15) is 10.4 Å². The second-order valence-corrected chi connectivity index (χ2v) is 7.11. The van der Waals surface area contributed by atoms with Gasteiger partial charge in [-0.05, 0) is 39.3 Å². The number of fused-ring (bicyclic) bond motifs is 1. The number of aromatic nitrogens is 2. The topological polar surface area (TPSA) is 44.9 Å². The van der Waals surface area contributed by atoms with Crippen LogP contribution in [0, 0.1) is 11.3 Å². The van der Waals surface area contributed by atoms with Gasteiger partial charge in [-0.15, -0.1) is 0 Å². The number of rotatable bonds is 2. The molecular formula is C19H24N4. The maximum absolute atomic E-state index is 9.40. The van der Waals surface area contributed by atoms with Gasteiger partial charge in [0.25, 0.3) is 0 Å². The lowest BCUT2D eigenvalue weighted by Gasteiger charge is -2.38. The Balaban J connectivity index is 2.10. The third-order valence-corrected chi connectivity index (χ3v) is 4.68. The highest BCUT2D eigenvalue weighted by Crippen LogP contribution is 2.30. The van der Waals surface area contributed by atoms with Crippen LogP contribution in [0.2, 0.25) is 0 Å². The van der Waals surface area contributed by atoms with E-state index in [1.54, 1.807) is 0 Å². The highest BCUT2D eigenvalue weighted by atomic mass is 15.3. The van der Waals surface area contributed by atoms with Crippen LogP contribution < -0.4 is 0 Å². The molecule has 0 bridgehead atoms. The average molecular weight is 308 g/mol. The van der Waals surface area contributed by atoms with E-state index in [1.165, 1.54) is 11.3 Å². The van der Waals surface area contributed by atoms with Crippen LogP contribution in [0.3, 0.4) is 0 Å². The maximum Gasteiger partial charge on any atom is 0.101 e. The first-order valence-electron chi connectivity index (χ1n) is 8.30. The van der Waals surface area contributed by atoms with Crippen molar-refractivity contribution in [2.45, 2.75) is 52.6 Å². The average Bonchev–Trinajstić information content (AvgIpc) is 2.91. The summed E-state index contributed by atoms with van der Waals surface area (Å²) in [5.41, 5.74) is 5.51. The molecule has 0 atom stereocenters. The molecule has 1 aromatic carbocycles. The number of hydrogen-bond donors (Lipinski definition) is 0. The second kappa shape index (κ2) is 5.82. The quantitative estimate of drug-likeness (QED) is 0.853. The Kier molecular flexibility index (Phi) is 3.99. The molecule has 23 heavy (non-hydrogen) atoms. The van der Waals surface area contributed by atoms with Gasteiger partial charge in [-0.1, -0.05) is 19.1 Å². The molecule has 0 N–H and O–H groups in total. The Hall–Kier alpha value is -2.12. The fraction of sp³-hybridized carbons (Fsp3) is 0.474. The Labute approximate surface area is 138 Å². The lowest BCUT2D eigenvalue weighted by molar-refractivity contribution is 0.119. The molecule has 0 unspecified atom stereocenters. The van der Waals surface area contributed by atoms with Crippen LogP contribution in [0.15, 0.2) is 24.3 Å². The second-order valence-electron chi connectivity index (χ2n) is 7.11. The van der Waals surface area contributed by atoms with E-state index in [-0.39, 0.29) is 5.54 Å². The molecule has 1 aliphatic rings. The Morgan fingerprint density at radius 1 is 1.26 bits per heavy atom. The van der Waals surface area contributed by atoms with E-state index in [9.17, 15) is 5.26 Å². The van der Waals surface area contributed by atoms with Gasteiger partial charge in [0.15, 0.2) is 0 Å². The highest BCUT2D eigenvalue weighted by molar-refractivity contribution is 5.50. The van der Waals surface area contributed by atoms with Crippen LogP contribution in [0.5, 0.6) is 0 Å². The number of aryl methyl sites for hydroxylation is 1. The zero-order valence-electron chi connectivity index (χ0n) is 14.4. The molecule has 0 fully saturated rings. The first kappa shape index (κ1) is 15.8. The molecule has 3 rings (SSSR count). The van der Waals surface area contributed by atoms with E-state index in [1.807, 2.05) is 28.9 Å². The number of benzene rings is 1. The van der Waals surface area contributed by atoms with Crippen molar-refractivity contribution in [1.29, 1.82) is 5.26 Å². The lowest BCUT2D eigenvalue weighted by Crippen LogP contribution is -2.44. The highest BCUT2D eigenvalue weighted by Gasteiger charge is 2.30. The standard InChI is InChI=1S/C19H24N4/c1-5-16-15-13-22(19(2,3)4)11-10-18(15)23(21-16)17-9-7-6-8-14(17)12-20/h6-9H,5,10-11,13H2,1-4H3. The fourth-order valence-corrected chi connectivity index (χ4v) is 3.29. The molecule has 120 valence electrons. The van der Waals surface area contributed by atoms with Gasteiger partial charge in [0.2, 0.25) is 0 Å². The van der Waals surface area contributed by atoms with Crippen LogP contribution in [0.25, 0.3) is 5.69 Å². The SMILES string of the molecule is CCc1nn(-c2ccccc2C#N)c2c1CN(C(C)(C)C)CC2. The minimum atomic E-state index is 0.162. The van der Waals surface area contributed by atoms with E-state index < -0.39 is 0 Å². The first-order valence-corrected chi connectivity index (χ1v) is 8.30. The van der Waals surface area contributed by atoms with Crippen LogP contribution in [0.1, 0.15) is 50.2 Å². The minimum absolute atomic E-state index is 0.162. The number of nitriles is 1. The largest absolute Gasteiger partial charge is 0.294 e. The third-order valence-electron chi connectivity index (χ3n) is 4.68. The van der Waals surface area contributed by atoms with Gasteiger partial charge >= 0.3 is 0 Å². The van der Waals surface area contributed by atoms with Gasteiger partial charge in [0, 0.05) is 30.6 Å². The Morgan fingerprint density at radius 3 is 2.65 bits per heavy atom. The lowest BCUT2D eigenvalue weighted by atomic mass is 9.97. The molecule has 0 saturated carbocycles. The molecule has 1 aliphatic heterocycles. The minimum Gasteiger partial charge on any atom is -0.294 e. The maximum atomic E-state index is 9.40. The summed E-state index contributed by atoms with van der Waals surface area (Å²) in [5, 5.41) is 14.2. The van der Waals surface area contributed by atoms with Crippen LogP contribution in [-0.4, -0.2) is 26.8 Å². The van der Waals surface area contributed by atoms with Crippen molar-refractivity contribution in [1.82, 2.24) is 14.7 Å². The predicted molar refractivity (Wildman–Crippen MR) is 91.5 cm³/mol. The summed E-state index contributed by atoms with van der Waals surface area (Å²) in [6.45, 7) is 10.9. The van der Waals surface area contributed by atoms with E-state index in [0.29, 0.717) is 5.56 Å². The number of nitrogens with zero attached hydrogens (tertiary/aromatic N) is 4. The third kappa shape index (κ3) is 2.77. The zero-order chi connectivity index (χ0) is 16.6. The van der Waals surface area contributed by atoms with Crippen molar-refractivity contribution in [3.8, 4) is 11.8 Å². The van der Waals surface area contributed by atoms with Gasteiger partial charge in [-0.25, -0.2) is 4.68 Å². The van der Waals surface area contributed by atoms with Crippen molar-refractivity contribution < 1.29 is 0 Å². The summed E-state index contributed by atoms with van der Waals surface area (Å²) < 4.78 is 2.01. The van der Waals surface area contributed by atoms with Crippen LogP contribution in [-0.2, 0) is 19.4 Å². The number of para-hydroxylation sites is 1. The Bertz CT molecular complexity index is 759. The van der Waals surface area contributed by atoms with Gasteiger partial charge in [0.05, 0.1) is 22.6 Å². The molecule has 4 nitrogen and oxygen atoms in total. The van der Waals surface area contributed by atoms with Crippen LogP contribution in [0.4, 0.5) is 0 Å². The molecule has 0 amide bonds. The van der Waals surface area contributed by atoms with E-state index in [4.69, 9.17) is 5.10 Å². The van der Waals surface area contributed by atoms with Crippen LogP contribution >= 0.6 is 0 Å². The summed E-state index contributed by atoms with van der Waals surface area (Å²) in [6, 6.07) is 10.0. The number of hydrogen-bond acceptors (Lipinski definition) is 3. The van der Waals surface area contributed by atoms with Crippen molar-refractivity contribution in [3.63, 3.8) is 0 Å². The molecule has 2 aromatic rings. The first-order chi connectivity index (χ1) is 11.0. The summed E-state index contributed by atoms with van der Waals surface area (Å²) in [7, 11) is 0. The molecule has 0 aliphatic carbocycles. The molecule has 0 radical (unpaired) electrons. The summed E-state index contributed by atoms with van der Waals surface area (Å²) >= 11 is 0.